The summed E-state index contributed by atoms with van der Waals surface area (Å²) in [6.45, 7) is 13.9. The first-order valence-electron chi connectivity index (χ1n) is 19.4. The molecule has 4 rings (SSSR count). The van der Waals surface area contributed by atoms with E-state index >= 15 is 0 Å². The summed E-state index contributed by atoms with van der Waals surface area (Å²) in [4.78, 5) is 15.7. The van der Waals surface area contributed by atoms with E-state index in [2.05, 4.69) is 0 Å². The normalized spacial score (nSPS) is 39.1. The summed E-state index contributed by atoms with van der Waals surface area (Å²) < 4.78 is 54.9. The maximum Gasteiger partial charge on any atom is 0.311 e. The van der Waals surface area contributed by atoms with E-state index in [0.717, 1.165) is 0 Å². The Labute approximate surface area is 327 Å². The summed E-state index contributed by atoms with van der Waals surface area (Å²) in [5.41, 5.74) is -3.46. The van der Waals surface area contributed by atoms with Gasteiger partial charge in [-0.3, -0.25) is 4.79 Å². The molecule has 0 spiro atoms. The monoisotopic (exact) mass is 792 g/mol. The number of cyclic esters (lactones) is 1. The number of ether oxygens (including phenoxy) is 4. The quantitative estimate of drug-likeness (QED) is 0.285. The molecule has 2 aliphatic heterocycles. The molecule has 2 aromatic carbocycles. The van der Waals surface area contributed by atoms with Crippen LogP contribution in [0.15, 0.2) is 65.6 Å². The summed E-state index contributed by atoms with van der Waals surface area (Å²) in [6.07, 6.45) is -7.15. The van der Waals surface area contributed by atoms with E-state index in [9.17, 15) is 33.6 Å². The van der Waals surface area contributed by atoms with E-state index < -0.39 is 94.0 Å². The molecule has 0 unspecified atom stereocenters. The number of esters is 1. The largest absolute Gasteiger partial charge is 0.483 e. The standard InChI is InChI=1S/C41H64N2O11S/c1-11-33-41(8,48)36(45)29(6)42(9)24-25(2)23-40(7,47)37(27(4)34(44)28(5)38(46)53-33)54-39-35(52-30-18-14-12-15-19-30)32(22-26(3)51-39)43(10)55(49,50)31-20-16-13-17-21-31/h12-21,25-29,32-37,39,44-45,47-48H,11,22-24H2,1-10H3/t25-,26-,27+,28-,29-,32+,33-,34+,35-,36-,37-,39+,40-,41-/m1/s1. The second-order valence-corrected chi connectivity index (χ2v) is 18.4. The van der Waals surface area contributed by atoms with Crippen LogP contribution in [0.3, 0.4) is 0 Å². The summed E-state index contributed by atoms with van der Waals surface area (Å²) in [6, 6.07) is 15.7. The van der Waals surface area contributed by atoms with Gasteiger partial charge < -0.3 is 44.3 Å². The number of sulfonamides is 1. The number of likely N-dealkylation sites (N-methyl/N-ethyl adjacent to an activating group) is 2. The van der Waals surface area contributed by atoms with Crippen molar-refractivity contribution in [3.63, 3.8) is 0 Å². The third kappa shape index (κ3) is 10.3. The molecule has 55 heavy (non-hydrogen) atoms. The number of para-hydroxylation sites is 1. The minimum absolute atomic E-state index is 0.113. The topological polar surface area (TPSA) is 176 Å². The maximum atomic E-state index is 14.0. The van der Waals surface area contributed by atoms with E-state index in [1.54, 1.807) is 70.2 Å². The Balaban J connectivity index is 1.79. The number of hydrogen-bond acceptors (Lipinski definition) is 12. The van der Waals surface area contributed by atoms with Crippen LogP contribution in [0.25, 0.3) is 0 Å². The van der Waals surface area contributed by atoms with Crippen LogP contribution in [-0.2, 0) is 29.0 Å². The molecule has 2 fully saturated rings. The number of hydrogen-bond donors (Lipinski definition) is 4. The fourth-order valence-corrected chi connectivity index (χ4v) is 9.69. The second kappa shape index (κ2) is 18.3. The van der Waals surface area contributed by atoms with Gasteiger partial charge in [0.15, 0.2) is 12.4 Å². The summed E-state index contributed by atoms with van der Waals surface area (Å²) in [7, 11) is -0.699. The van der Waals surface area contributed by atoms with Gasteiger partial charge in [-0.2, -0.15) is 4.31 Å². The van der Waals surface area contributed by atoms with E-state index in [-0.39, 0.29) is 30.1 Å². The van der Waals surface area contributed by atoms with Crippen LogP contribution in [0.1, 0.15) is 74.7 Å². The fraction of sp³-hybridized carbons (Fsp3) is 0.683. The van der Waals surface area contributed by atoms with Crippen molar-refractivity contribution < 1.29 is 52.6 Å². The molecule has 2 aromatic rings. The van der Waals surface area contributed by atoms with Crippen LogP contribution in [0.4, 0.5) is 0 Å². The molecule has 0 bridgehead atoms. The van der Waals surface area contributed by atoms with Crippen molar-refractivity contribution in [1.82, 2.24) is 9.21 Å². The number of nitrogens with zero attached hydrogens (tertiary/aromatic N) is 2. The van der Waals surface area contributed by atoms with Crippen LogP contribution >= 0.6 is 0 Å². The molecule has 13 nitrogen and oxygen atoms in total. The summed E-state index contributed by atoms with van der Waals surface area (Å²) >= 11 is 0. The molecule has 4 N–H and O–H groups in total. The average molecular weight is 793 g/mol. The van der Waals surface area contributed by atoms with Gasteiger partial charge in [-0.15, -0.1) is 0 Å². The van der Waals surface area contributed by atoms with Gasteiger partial charge in [0.05, 0.1) is 40.8 Å². The number of carbonyl (C=O) groups excluding carboxylic acids is 1. The van der Waals surface area contributed by atoms with Crippen LogP contribution < -0.4 is 4.74 Å². The van der Waals surface area contributed by atoms with E-state index in [1.807, 2.05) is 31.9 Å². The lowest BCUT2D eigenvalue weighted by Gasteiger charge is -2.47. The molecular formula is C41H64N2O11S. The highest BCUT2D eigenvalue weighted by atomic mass is 32.2. The predicted octanol–water partition coefficient (Wildman–Crippen LogP) is 3.82. The maximum absolute atomic E-state index is 14.0. The van der Waals surface area contributed by atoms with Crippen LogP contribution in [0, 0.1) is 17.8 Å². The number of rotatable bonds is 8. The van der Waals surface area contributed by atoms with Crippen molar-refractivity contribution in [3.05, 3.63) is 60.7 Å². The van der Waals surface area contributed by atoms with Gasteiger partial charge in [0.2, 0.25) is 10.0 Å². The van der Waals surface area contributed by atoms with Gasteiger partial charge in [-0.05, 0) is 91.1 Å². The van der Waals surface area contributed by atoms with E-state index in [4.69, 9.17) is 18.9 Å². The first kappa shape index (κ1) is 45.0. The van der Waals surface area contributed by atoms with Gasteiger partial charge in [0.25, 0.3) is 0 Å². The highest BCUT2D eigenvalue weighted by Crippen LogP contribution is 2.38. The molecular weight excluding hydrogens is 729 g/mol. The minimum Gasteiger partial charge on any atom is -0.483 e. The van der Waals surface area contributed by atoms with E-state index in [1.165, 1.54) is 37.3 Å². The van der Waals surface area contributed by atoms with Crippen molar-refractivity contribution in [2.24, 2.45) is 17.8 Å². The molecule has 0 amide bonds. The number of benzene rings is 2. The molecule has 14 atom stereocenters. The van der Waals surface area contributed by atoms with Crippen molar-refractivity contribution in [3.8, 4) is 5.75 Å². The van der Waals surface area contributed by atoms with Crippen molar-refractivity contribution in [1.29, 1.82) is 0 Å². The molecule has 0 aromatic heterocycles. The molecule has 310 valence electrons. The minimum atomic E-state index is -4.01. The zero-order valence-corrected chi connectivity index (χ0v) is 34.8. The fourth-order valence-electron chi connectivity index (χ4n) is 8.29. The number of carbonyl (C=O) groups is 1. The lowest BCUT2D eigenvalue weighted by Crippen LogP contribution is -2.61. The Bertz CT molecular complexity index is 1630. The Morgan fingerprint density at radius 2 is 1.55 bits per heavy atom. The lowest BCUT2D eigenvalue weighted by atomic mass is 9.78. The van der Waals surface area contributed by atoms with Crippen molar-refractivity contribution in [2.75, 3.05) is 20.6 Å². The third-order valence-electron chi connectivity index (χ3n) is 11.7. The van der Waals surface area contributed by atoms with Crippen LogP contribution in [0.2, 0.25) is 0 Å². The zero-order valence-electron chi connectivity index (χ0n) is 34.0. The Kier molecular flexibility index (Phi) is 15.0. The van der Waals surface area contributed by atoms with E-state index in [0.29, 0.717) is 12.3 Å². The van der Waals surface area contributed by atoms with Crippen molar-refractivity contribution >= 4 is 16.0 Å². The summed E-state index contributed by atoms with van der Waals surface area (Å²) in [5, 5.41) is 47.2. The Morgan fingerprint density at radius 1 is 0.964 bits per heavy atom. The smallest absolute Gasteiger partial charge is 0.311 e. The second-order valence-electron chi connectivity index (χ2n) is 16.4. The zero-order chi connectivity index (χ0) is 41.0. The van der Waals surface area contributed by atoms with Crippen LogP contribution in [0.5, 0.6) is 5.75 Å². The third-order valence-corrected chi connectivity index (χ3v) is 13.6. The first-order valence-corrected chi connectivity index (χ1v) is 20.8. The van der Waals surface area contributed by atoms with Crippen molar-refractivity contribution in [2.45, 2.75) is 146 Å². The van der Waals surface area contributed by atoms with Gasteiger partial charge in [-0.25, -0.2) is 8.42 Å². The average Bonchev–Trinajstić information content (AvgIpc) is 3.14. The molecule has 0 saturated carbocycles. The molecule has 2 aliphatic rings. The first-order chi connectivity index (χ1) is 25.6. The van der Waals surface area contributed by atoms with Gasteiger partial charge in [0, 0.05) is 25.6 Å². The van der Waals surface area contributed by atoms with Gasteiger partial charge in [0.1, 0.15) is 23.6 Å². The Hall–Kier alpha value is -2.66. The number of aliphatic hydroxyl groups is 4. The molecule has 14 heteroatoms. The summed E-state index contributed by atoms with van der Waals surface area (Å²) in [5.74, 6) is -2.60. The molecule has 2 heterocycles. The molecule has 0 aliphatic carbocycles. The molecule has 2 saturated heterocycles. The predicted molar refractivity (Wildman–Crippen MR) is 207 cm³/mol. The highest BCUT2D eigenvalue weighted by molar-refractivity contribution is 7.89. The van der Waals surface area contributed by atoms with Gasteiger partial charge >= 0.3 is 5.97 Å². The number of aliphatic hydroxyl groups excluding tert-OH is 2. The highest BCUT2D eigenvalue weighted by Gasteiger charge is 2.51. The Morgan fingerprint density at radius 3 is 2.13 bits per heavy atom. The van der Waals surface area contributed by atoms with Crippen LogP contribution in [-0.4, -0.2) is 131 Å². The lowest BCUT2D eigenvalue weighted by molar-refractivity contribution is -0.293. The molecule has 0 radical (unpaired) electrons. The SMILES string of the molecule is CC[C@H]1OC(=O)[C@H](C)[C@@H](O)[C@H](C)[C@@H](O[C@@H]2O[C@H](C)C[C@H](N(C)S(=O)(=O)c3ccccc3)[C@H]2Oc2ccccc2)[C@](C)(O)C[C@@H](C)CN(C)[C@H](C)[C@@H](O)[C@]1(C)O. The van der Waals surface area contributed by atoms with Gasteiger partial charge in [-0.1, -0.05) is 57.2 Å².